The molecule has 1 aromatic heterocycles. The zero-order valence-electron chi connectivity index (χ0n) is 18.5. The maximum absolute atomic E-state index is 13.2. The van der Waals surface area contributed by atoms with Crippen molar-refractivity contribution in [1.29, 1.82) is 0 Å². The predicted molar refractivity (Wildman–Crippen MR) is 110 cm³/mol. The number of aromatic nitrogens is 2. The average molecular weight is 466 g/mol. The second kappa shape index (κ2) is 8.35. The van der Waals surface area contributed by atoms with E-state index >= 15 is 0 Å². The minimum Gasteiger partial charge on any atom is -0.444 e. The van der Waals surface area contributed by atoms with Crippen LogP contribution in [0.2, 0.25) is 0 Å². The number of alkyl carbamates (subject to hydrolysis) is 1. The molecule has 1 N–H and O–H groups in total. The van der Waals surface area contributed by atoms with Gasteiger partial charge in [-0.25, -0.2) is 4.79 Å². The topological polar surface area (TPSA) is 97.6 Å². The molecule has 8 nitrogen and oxygen atoms in total. The van der Waals surface area contributed by atoms with Crippen molar-refractivity contribution in [2.24, 2.45) is 0 Å². The first-order valence-electron chi connectivity index (χ1n) is 10.8. The summed E-state index contributed by atoms with van der Waals surface area (Å²) in [6, 6.07) is 4.28. The number of ether oxygens (including phenoxy) is 1. The van der Waals surface area contributed by atoms with Crippen molar-refractivity contribution in [3.8, 4) is 11.4 Å². The molecule has 0 bridgehead atoms. The van der Waals surface area contributed by atoms with E-state index in [9.17, 15) is 22.8 Å². The van der Waals surface area contributed by atoms with Crippen molar-refractivity contribution in [3.05, 3.63) is 35.2 Å². The van der Waals surface area contributed by atoms with E-state index in [4.69, 9.17) is 4.74 Å². The molecule has 1 aromatic carbocycles. The highest BCUT2D eigenvalue weighted by molar-refractivity contribution is 5.99. The molecule has 2 aromatic rings. The van der Waals surface area contributed by atoms with Gasteiger partial charge in [-0.15, -0.1) is 0 Å². The SMILES string of the molecule is CC(C)(C)OC(=O)NC1CCCCC1N1Cc2ccc(-c3noc(C(F)(F)F)n3)cc2C1=O. The molecular formula is C22H25F3N4O4. The molecule has 1 saturated carbocycles. The Morgan fingerprint density at radius 2 is 1.94 bits per heavy atom. The van der Waals surface area contributed by atoms with Crippen LogP contribution in [0.3, 0.4) is 0 Å². The number of carbonyl (C=O) groups excluding carboxylic acids is 2. The van der Waals surface area contributed by atoms with Gasteiger partial charge >= 0.3 is 18.2 Å². The molecule has 0 saturated heterocycles. The van der Waals surface area contributed by atoms with E-state index in [1.54, 1.807) is 37.8 Å². The Labute approximate surface area is 188 Å². The summed E-state index contributed by atoms with van der Waals surface area (Å²) in [4.78, 5) is 30.7. The maximum Gasteiger partial charge on any atom is 0.471 e. The third-order valence-corrected chi connectivity index (χ3v) is 5.70. The van der Waals surface area contributed by atoms with Crippen LogP contribution >= 0.6 is 0 Å². The number of nitrogens with one attached hydrogen (secondary N) is 1. The number of benzene rings is 1. The molecule has 2 amide bonds. The van der Waals surface area contributed by atoms with Gasteiger partial charge in [-0.2, -0.15) is 18.2 Å². The minimum absolute atomic E-state index is 0.211. The number of carbonyl (C=O) groups is 2. The van der Waals surface area contributed by atoms with Crippen molar-refractivity contribution < 1.29 is 32.0 Å². The van der Waals surface area contributed by atoms with Crippen LogP contribution in [-0.2, 0) is 17.5 Å². The number of hydrogen-bond acceptors (Lipinski definition) is 6. The van der Waals surface area contributed by atoms with E-state index in [1.807, 2.05) is 0 Å². The number of halogens is 3. The van der Waals surface area contributed by atoms with Gasteiger partial charge in [0.25, 0.3) is 5.91 Å². The Morgan fingerprint density at radius 3 is 2.61 bits per heavy atom. The van der Waals surface area contributed by atoms with E-state index in [2.05, 4.69) is 20.0 Å². The van der Waals surface area contributed by atoms with E-state index < -0.39 is 23.8 Å². The lowest BCUT2D eigenvalue weighted by Crippen LogP contribution is -2.54. The molecule has 2 atom stereocenters. The van der Waals surface area contributed by atoms with Crippen LogP contribution in [0, 0.1) is 0 Å². The molecule has 178 valence electrons. The van der Waals surface area contributed by atoms with Crippen molar-refractivity contribution >= 4 is 12.0 Å². The Balaban J connectivity index is 1.53. The molecule has 11 heteroatoms. The maximum atomic E-state index is 13.2. The first kappa shape index (κ1) is 23.1. The summed E-state index contributed by atoms with van der Waals surface area (Å²) in [6.07, 6.45) is -1.97. The monoisotopic (exact) mass is 466 g/mol. The van der Waals surface area contributed by atoms with Gasteiger partial charge in [-0.05, 0) is 45.2 Å². The second-order valence-electron chi connectivity index (χ2n) is 9.33. The number of fused-ring (bicyclic) bond motifs is 1. The summed E-state index contributed by atoms with van der Waals surface area (Å²) >= 11 is 0. The molecular weight excluding hydrogens is 441 g/mol. The third kappa shape index (κ3) is 4.96. The highest BCUT2D eigenvalue weighted by Gasteiger charge is 2.40. The van der Waals surface area contributed by atoms with Crippen LogP contribution in [0.5, 0.6) is 0 Å². The van der Waals surface area contributed by atoms with Gasteiger partial charge in [-0.3, -0.25) is 4.79 Å². The highest BCUT2D eigenvalue weighted by Crippen LogP contribution is 2.34. The van der Waals surface area contributed by atoms with Crippen molar-refractivity contribution in [3.63, 3.8) is 0 Å². The van der Waals surface area contributed by atoms with Crippen LogP contribution in [0.25, 0.3) is 11.4 Å². The normalized spacial score (nSPS) is 21.2. The molecule has 2 aliphatic rings. The summed E-state index contributed by atoms with van der Waals surface area (Å²) in [5.41, 5.74) is 0.762. The number of alkyl halides is 3. The standard InChI is InChI=1S/C22H25F3N4O4/c1-21(2,3)32-20(31)26-15-6-4-5-7-16(15)29-11-13-9-8-12(10-14(13)18(29)30)17-27-19(33-28-17)22(23,24)25/h8-10,15-16H,4-7,11H2,1-3H3,(H,26,31). The first-order valence-corrected chi connectivity index (χ1v) is 10.8. The van der Waals surface area contributed by atoms with Gasteiger partial charge in [-0.1, -0.05) is 30.1 Å². The number of hydrogen-bond donors (Lipinski definition) is 1. The molecule has 4 rings (SSSR count). The van der Waals surface area contributed by atoms with Crippen molar-refractivity contribution in [2.75, 3.05) is 0 Å². The molecule has 1 aliphatic heterocycles. The Hall–Kier alpha value is -3.11. The minimum atomic E-state index is -4.74. The first-order chi connectivity index (χ1) is 15.4. The van der Waals surface area contributed by atoms with Crippen molar-refractivity contribution in [2.45, 2.75) is 76.9 Å². The number of amides is 2. The lowest BCUT2D eigenvalue weighted by Gasteiger charge is -2.38. The van der Waals surface area contributed by atoms with Gasteiger partial charge in [0.1, 0.15) is 5.60 Å². The summed E-state index contributed by atoms with van der Waals surface area (Å²) < 4.78 is 48.0. The second-order valence-corrected chi connectivity index (χ2v) is 9.33. The number of nitrogens with zero attached hydrogens (tertiary/aromatic N) is 3. The molecule has 2 heterocycles. The van der Waals surface area contributed by atoms with Gasteiger partial charge < -0.3 is 19.5 Å². The smallest absolute Gasteiger partial charge is 0.444 e. The fourth-order valence-electron chi connectivity index (χ4n) is 4.30. The molecule has 0 radical (unpaired) electrons. The Morgan fingerprint density at radius 1 is 1.21 bits per heavy atom. The van der Waals surface area contributed by atoms with Crippen LogP contribution in [0.1, 0.15) is 68.3 Å². The van der Waals surface area contributed by atoms with Gasteiger partial charge in [0.2, 0.25) is 5.82 Å². The van der Waals surface area contributed by atoms with E-state index in [1.165, 1.54) is 6.07 Å². The quantitative estimate of drug-likeness (QED) is 0.713. The van der Waals surface area contributed by atoms with Crippen molar-refractivity contribution in [1.82, 2.24) is 20.4 Å². The summed E-state index contributed by atoms with van der Waals surface area (Å²) in [6.45, 7) is 5.70. The summed E-state index contributed by atoms with van der Waals surface area (Å²) in [5, 5.41) is 6.30. The lowest BCUT2D eigenvalue weighted by atomic mass is 9.89. The average Bonchev–Trinajstić information content (AvgIpc) is 3.32. The zero-order valence-corrected chi connectivity index (χ0v) is 18.5. The van der Waals surface area contributed by atoms with Gasteiger partial charge in [0.15, 0.2) is 0 Å². The van der Waals surface area contributed by atoms with Crippen LogP contribution < -0.4 is 5.32 Å². The zero-order chi connectivity index (χ0) is 24.0. The van der Waals surface area contributed by atoms with Gasteiger partial charge in [0.05, 0.1) is 12.1 Å². The molecule has 1 aliphatic carbocycles. The molecule has 0 spiro atoms. The largest absolute Gasteiger partial charge is 0.471 e. The molecule has 1 fully saturated rings. The molecule has 33 heavy (non-hydrogen) atoms. The third-order valence-electron chi connectivity index (χ3n) is 5.70. The van der Waals surface area contributed by atoms with E-state index in [0.717, 1.165) is 31.2 Å². The van der Waals surface area contributed by atoms with Gasteiger partial charge in [0, 0.05) is 17.7 Å². The Bertz CT molecular complexity index is 1060. The van der Waals surface area contributed by atoms with E-state index in [0.29, 0.717) is 12.1 Å². The highest BCUT2D eigenvalue weighted by atomic mass is 19.4. The molecule has 2 unspecified atom stereocenters. The Kier molecular flexibility index (Phi) is 5.83. The summed E-state index contributed by atoms with van der Waals surface area (Å²) in [5.74, 6) is -1.92. The number of rotatable bonds is 3. The fourth-order valence-corrected chi connectivity index (χ4v) is 4.30. The summed E-state index contributed by atoms with van der Waals surface area (Å²) in [7, 11) is 0. The predicted octanol–water partition coefficient (Wildman–Crippen LogP) is 4.55. The lowest BCUT2D eigenvalue weighted by molar-refractivity contribution is -0.159. The fraction of sp³-hybridized carbons (Fsp3) is 0.545. The van der Waals surface area contributed by atoms with Crippen LogP contribution in [-0.4, -0.2) is 44.7 Å². The van der Waals surface area contributed by atoms with Crippen LogP contribution in [0.15, 0.2) is 22.7 Å². The van der Waals surface area contributed by atoms with E-state index in [-0.39, 0.29) is 29.4 Å². The van der Waals surface area contributed by atoms with Crippen LogP contribution in [0.4, 0.5) is 18.0 Å².